The van der Waals surface area contributed by atoms with Gasteiger partial charge in [-0.25, -0.2) is 0 Å². The molecule has 1 aromatic carbocycles. The molecule has 3 rings (SSSR count). The predicted molar refractivity (Wildman–Crippen MR) is 78.6 cm³/mol. The van der Waals surface area contributed by atoms with Crippen molar-refractivity contribution in [3.05, 3.63) is 29.3 Å². The lowest BCUT2D eigenvalue weighted by Gasteiger charge is -2.36. The molecule has 20 heavy (non-hydrogen) atoms. The number of rotatable bonds is 2. The summed E-state index contributed by atoms with van der Waals surface area (Å²) in [4.78, 5) is 24.4. The van der Waals surface area contributed by atoms with Gasteiger partial charge in [0.05, 0.1) is 10.7 Å². The molecule has 2 saturated carbocycles. The van der Waals surface area contributed by atoms with Gasteiger partial charge in [0.2, 0.25) is 5.91 Å². The van der Waals surface area contributed by atoms with E-state index in [4.69, 9.17) is 11.6 Å². The molecular formula is C16H18ClNO2. The van der Waals surface area contributed by atoms with Crippen LogP contribution in [0.2, 0.25) is 5.02 Å². The molecule has 0 aliphatic heterocycles. The molecule has 4 heteroatoms. The number of anilines is 1. The third kappa shape index (κ3) is 2.59. The number of para-hydroxylation sites is 1. The minimum absolute atomic E-state index is 0.00231. The van der Waals surface area contributed by atoms with Gasteiger partial charge in [-0.05, 0) is 37.8 Å². The number of carbonyl (C=O) groups is 2. The van der Waals surface area contributed by atoms with Gasteiger partial charge in [0, 0.05) is 17.8 Å². The molecule has 0 aromatic heterocycles. The van der Waals surface area contributed by atoms with Gasteiger partial charge in [-0.2, -0.15) is 0 Å². The molecule has 3 atom stereocenters. The van der Waals surface area contributed by atoms with Gasteiger partial charge >= 0.3 is 0 Å². The summed E-state index contributed by atoms with van der Waals surface area (Å²) in [5, 5.41) is 3.45. The lowest BCUT2D eigenvalue weighted by Crippen LogP contribution is -2.40. The Bertz CT molecular complexity index is 527. The lowest BCUT2D eigenvalue weighted by molar-refractivity contribution is -0.136. The Morgan fingerprint density at radius 1 is 1.15 bits per heavy atom. The van der Waals surface area contributed by atoms with E-state index in [-0.39, 0.29) is 23.7 Å². The number of carbonyl (C=O) groups excluding carboxylic acids is 2. The Labute approximate surface area is 123 Å². The second-order valence-corrected chi connectivity index (χ2v) is 6.27. The van der Waals surface area contributed by atoms with Crippen molar-refractivity contribution in [2.45, 2.75) is 32.1 Å². The van der Waals surface area contributed by atoms with E-state index in [1.165, 1.54) is 0 Å². The van der Waals surface area contributed by atoms with E-state index in [1.54, 1.807) is 12.1 Å². The zero-order valence-electron chi connectivity index (χ0n) is 11.3. The summed E-state index contributed by atoms with van der Waals surface area (Å²) < 4.78 is 0. The van der Waals surface area contributed by atoms with E-state index in [0.29, 0.717) is 29.3 Å². The van der Waals surface area contributed by atoms with Gasteiger partial charge in [-0.1, -0.05) is 30.2 Å². The number of amides is 1. The first-order valence-corrected chi connectivity index (χ1v) is 7.62. The topological polar surface area (TPSA) is 46.2 Å². The average molecular weight is 292 g/mol. The highest BCUT2D eigenvalue weighted by molar-refractivity contribution is 6.33. The molecule has 1 amide bonds. The first-order valence-electron chi connectivity index (χ1n) is 7.24. The van der Waals surface area contributed by atoms with Crippen LogP contribution in [0.5, 0.6) is 0 Å². The van der Waals surface area contributed by atoms with Crippen molar-refractivity contribution in [3.63, 3.8) is 0 Å². The smallest absolute Gasteiger partial charge is 0.227 e. The number of nitrogens with one attached hydrogen (secondary N) is 1. The second kappa shape index (κ2) is 5.57. The number of fused-ring (bicyclic) bond motifs is 2. The molecule has 2 fully saturated rings. The van der Waals surface area contributed by atoms with E-state index in [0.717, 1.165) is 19.3 Å². The number of halogens is 1. The lowest BCUT2D eigenvalue weighted by atomic mass is 9.67. The summed E-state index contributed by atoms with van der Waals surface area (Å²) in [6.45, 7) is 0. The third-order valence-electron chi connectivity index (χ3n) is 4.55. The highest BCUT2D eigenvalue weighted by atomic mass is 35.5. The van der Waals surface area contributed by atoms with Crippen LogP contribution in [0.15, 0.2) is 24.3 Å². The molecular weight excluding hydrogens is 274 g/mol. The number of Topliss-reactive ketones (excluding diaryl/α,β-unsaturated/α-hetero) is 1. The molecule has 1 aromatic rings. The molecule has 1 N–H and O–H groups in total. The van der Waals surface area contributed by atoms with E-state index < -0.39 is 0 Å². The van der Waals surface area contributed by atoms with Crippen molar-refractivity contribution in [1.82, 2.24) is 0 Å². The van der Waals surface area contributed by atoms with Crippen LogP contribution in [-0.4, -0.2) is 11.7 Å². The Kier molecular flexibility index (Phi) is 3.79. The molecule has 0 heterocycles. The molecule has 0 saturated heterocycles. The van der Waals surface area contributed by atoms with Gasteiger partial charge in [0.15, 0.2) is 0 Å². The zero-order valence-corrected chi connectivity index (χ0v) is 12.0. The predicted octanol–water partition coefficient (Wildman–Crippen LogP) is 3.67. The molecule has 106 valence electrons. The monoisotopic (exact) mass is 291 g/mol. The largest absolute Gasteiger partial charge is 0.325 e. The molecule has 1 unspecified atom stereocenters. The zero-order chi connectivity index (χ0) is 14.1. The molecule has 2 aliphatic carbocycles. The summed E-state index contributed by atoms with van der Waals surface area (Å²) in [6.07, 6.45) is 4.42. The van der Waals surface area contributed by atoms with Gasteiger partial charge < -0.3 is 5.32 Å². The van der Waals surface area contributed by atoms with Crippen LogP contribution in [0.1, 0.15) is 32.1 Å². The van der Waals surface area contributed by atoms with Crippen LogP contribution in [0.4, 0.5) is 5.69 Å². The van der Waals surface area contributed by atoms with Crippen LogP contribution < -0.4 is 5.32 Å². The molecule has 2 bridgehead atoms. The van der Waals surface area contributed by atoms with Gasteiger partial charge in [0.25, 0.3) is 0 Å². The SMILES string of the molecule is O=C(Nc1ccccc1Cl)C1C[C@H]2CCC[C@@H](C1)C2=O. The average Bonchev–Trinajstić information content (AvgIpc) is 2.41. The van der Waals surface area contributed by atoms with Crippen molar-refractivity contribution in [2.24, 2.45) is 17.8 Å². The van der Waals surface area contributed by atoms with Crippen LogP contribution in [0.3, 0.4) is 0 Å². The van der Waals surface area contributed by atoms with Gasteiger partial charge in [0.1, 0.15) is 5.78 Å². The number of hydrogen-bond donors (Lipinski definition) is 1. The summed E-state index contributed by atoms with van der Waals surface area (Å²) in [7, 11) is 0. The second-order valence-electron chi connectivity index (χ2n) is 5.86. The number of ketones is 1. The van der Waals surface area contributed by atoms with Crippen LogP contribution >= 0.6 is 11.6 Å². The van der Waals surface area contributed by atoms with Crippen LogP contribution in [-0.2, 0) is 9.59 Å². The minimum Gasteiger partial charge on any atom is -0.325 e. The maximum atomic E-state index is 12.4. The maximum absolute atomic E-state index is 12.4. The minimum atomic E-state index is -0.0562. The fourth-order valence-electron chi connectivity index (χ4n) is 3.49. The van der Waals surface area contributed by atoms with Crippen molar-refractivity contribution in [1.29, 1.82) is 0 Å². The van der Waals surface area contributed by atoms with Crippen LogP contribution in [0.25, 0.3) is 0 Å². The highest BCUT2D eigenvalue weighted by Crippen LogP contribution is 2.40. The van der Waals surface area contributed by atoms with Crippen molar-refractivity contribution in [2.75, 3.05) is 5.32 Å². The van der Waals surface area contributed by atoms with E-state index in [2.05, 4.69) is 5.32 Å². The Hall–Kier alpha value is -1.35. The quantitative estimate of drug-likeness (QED) is 0.903. The van der Waals surface area contributed by atoms with Crippen LogP contribution in [0, 0.1) is 17.8 Å². The highest BCUT2D eigenvalue weighted by Gasteiger charge is 2.41. The Balaban J connectivity index is 1.69. The number of hydrogen-bond acceptors (Lipinski definition) is 2. The fraction of sp³-hybridized carbons (Fsp3) is 0.500. The van der Waals surface area contributed by atoms with Gasteiger partial charge in [-0.3, -0.25) is 9.59 Å². The van der Waals surface area contributed by atoms with Gasteiger partial charge in [-0.15, -0.1) is 0 Å². The van der Waals surface area contributed by atoms with E-state index in [9.17, 15) is 9.59 Å². The first kappa shape index (κ1) is 13.6. The molecule has 3 nitrogen and oxygen atoms in total. The van der Waals surface area contributed by atoms with Crippen molar-refractivity contribution >= 4 is 29.0 Å². The summed E-state index contributed by atoms with van der Waals surface area (Å²) >= 11 is 6.06. The molecule has 0 radical (unpaired) electrons. The van der Waals surface area contributed by atoms with E-state index in [1.807, 2.05) is 12.1 Å². The third-order valence-corrected chi connectivity index (χ3v) is 4.88. The Morgan fingerprint density at radius 2 is 1.80 bits per heavy atom. The first-order chi connectivity index (χ1) is 9.65. The summed E-state index contributed by atoms with van der Waals surface area (Å²) in [5.41, 5.74) is 0.654. The number of benzene rings is 1. The van der Waals surface area contributed by atoms with Crippen molar-refractivity contribution in [3.8, 4) is 0 Å². The summed E-state index contributed by atoms with van der Waals surface area (Å²) in [6, 6.07) is 7.24. The van der Waals surface area contributed by atoms with Crippen molar-refractivity contribution < 1.29 is 9.59 Å². The fourth-order valence-corrected chi connectivity index (χ4v) is 3.67. The molecule has 0 spiro atoms. The molecule has 2 aliphatic rings. The summed E-state index contributed by atoms with van der Waals surface area (Å²) in [5.74, 6) is 0.536. The normalized spacial score (nSPS) is 29.1. The standard InChI is InChI=1S/C16H18ClNO2/c17-13-6-1-2-7-14(13)18-16(20)12-8-10-4-3-5-11(9-12)15(10)19/h1-2,6-7,10-12H,3-5,8-9H2,(H,18,20)/t10-,11+,12?. The van der Waals surface area contributed by atoms with E-state index >= 15 is 0 Å². The Morgan fingerprint density at radius 3 is 2.45 bits per heavy atom. The maximum Gasteiger partial charge on any atom is 0.227 e.